The number of likely N-dealkylation sites (N-methyl/N-ethyl adjacent to an activating group) is 1. The van der Waals surface area contributed by atoms with E-state index in [0.29, 0.717) is 0 Å². The second-order valence-corrected chi connectivity index (χ2v) is 5.13. The van der Waals surface area contributed by atoms with E-state index in [0.717, 1.165) is 35.4 Å². The second-order valence-electron chi connectivity index (χ2n) is 5.13. The molecule has 0 saturated carbocycles. The number of para-hydroxylation sites is 1. The van der Waals surface area contributed by atoms with Gasteiger partial charge in [0.25, 0.3) is 0 Å². The van der Waals surface area contributed by atoms with E-state index >= 15 is 0 Å². The van der Waals surface area contributed by atoms with E-state index in [-0.39, 0.29) is 11.9 Å². The van der Waals surface area contributed by atoms with E-state index in [1.807, 2.05) is 31.2 Å². The molecule has 0 spiro atoms. The first kappa shape index (κ1) is 15.5. The Morgan fingerprint density at radius 1 is 1.19 bits per heavy atom. The summed E-state index contributed by atoms with van der Waals surface area (Å²) in [6.07, 6.45) is 0.766. The van der Waals surface area contributed by atoms with Crippen LogP contribution in [0.1, 0.15) is 29.7 Å². The smallest absolute Gasteiger partial charge is 0.123 e. The van der Waals surface area contributed by atoms with Crippen molar-refractivity contribution >= 4 is 0 Å². The second kappa shape index (κ2) is 7.23. The van der Waals surface area contributed by atoms with Crippen molar-refractivity contribution in [1.29, 1.82) is 0 Å². The Balaban J connectivity index is 2.33. The van der Waals surface area contributed by atoms with Gasteiger partial charge in [-0.25, -0.2) is 4.39 Å². The molecule has 2 rings (SSSR count). The maximum atomic E-state index is 13.6. The summed E-state index contributed by atoms with van der Waals surface area (Å²) in [6.45, 7) is 4.90. The van der Waals surface area contributed by atoms with E-state index in [2.05, 4.69) is 18.3 Å². The molecule has 112 valence electrons. The molecule has 0 fully saturated rings. The molecule has 1 atom stereocenters. The van der Waals surface area contributed by atoms with Crippen LogP contribution in [0.15, 0.2) is 42.5 Å². The number of hydrogen-bond donors (Lipinski definition) is 1. The summed E-state index contributed by atoms with van der Waals surface area (Å²) in [4.78, 5) is 0. The van der Waals surface area contributed by atoms with E-state index in [1.165, 1.54) is 6.07 Å². The van der Waals surface area contributed by atoms with Gasteiger partial charge < -0.3 is 10.1 Å². The quantitative estimate of drug-likeness (QED) is 0.866. The van der Waals surface area contributed by atoms with Crippen molar-refractivity contribution in [3.8, 4) is 5.75 Å². The van der Waals surface area contributed by atoms with Gasteiger partial charge in [0.05, 0.1) is 7.11 Å². The summed E-state index contributed by atoms with van der Waals surface area (Å²) in [5.74, 6) is 0.674. The Morgan fingerprint density at radius 3 is 2.67 bits per heavy atom. The lowest BCUT2D eigenvalue weighted by atomic mass is 9.94. The van der Waals surface area contributed by atoms with E-state index in [4.69, 9.17) is 4.74 Å². The van der Waals surface area contributed by atoms with E-state index in [1.54, 1.807) is 13.2 Å². The monoisotopic (exact) mass is 287 g/mol. The van der Waals surface area contributed by atoms with Crippen molar-refractivity contribution in [3.63, 3.8) is 0 Å². The summed E-state index contributed by atoms with van der Waals surface area (Å²) in [5.41, 5.74) is 3.22. The summed E-state index contributed by atoms with van der Waals surface area (Å²) in [7, 11) is 1.68. The van der Waals surface area contributed by atoms with Crippen LogP contribution in [0.5, 0.6) is 5.75 Å². The topological polar surface area (TPSA) is 21.3 Å². The van der Waals surface area contributed by atoms with Gasteiger partial charge in [-0.3, -0.25) is 0 Å². The first-order chi connectivity index (χ1) is 10.2. The molecule has 0 aromatic heterocycles. The van der Waals surface area contributed by atoms with Crippen LogP contribution in [0.3, 0.4) is 0 Å². The van der Waals surface area contributed by atoms with Crippen molar-refractivity contribution in [2.24, 2.45) is 0 Å². The van der Waals surface area contributed by atoms with Crippen molar-refractivity contribution in [2.45, 2.75) is 26.3 Å². The highest BCUT2D eigenvalue weighted by atomic mass is 19.1. The minimum atomic E-state index is -0.196. The Bertz CT molecular complexity index is 598. The molecule has 0 saturated heterocycles. The van der Waals surface area contributed by atoms with Gasteiger partial charge in [-0.2, -0.15) is 0 Å². The van der Waals surface area contributed by atoms with Crippen LogP contribution in [0.2, 0.25) is 0 Å². The largest absolute Gasteiger partial charge is 0.496 e. The molecule has 2 aromatic rings. The fraction of sp³-hybridized carbons (Fsp3) is 0.333. The number of benzene rings is 2. The zero-order chi connectivity index (χ0) is 15.2. The molecular formula is C18H22FNO. The molecule has 0 heterocycles. The highest BCUT2D eigenvalue weighted by Crippen LogP contribution is 2.27. The van der Waals surface area contributed by atoms with Crippen LogP contribution >= 0.6 is 0 Å². The van der Waals surface area contributed by atoms with Crippen LogP contribution in [0.25, 0.3) is 0 Å². The van der Waals surface area contributed by atoms with Crippen LogP contribution < -0.4 is 10.1 Å². The number of aryl methyl sites for hydroxylation is 1. The summed E-state index contributed by atoms with van der Waals surface area (Å²) >= 11 is 0. The Morgan fingerprint density at radius 2 is 1.95 bits per heavy atom. The van der Waals surface area contributed by atoms with Gasteiger partial charge in [0.1, 0.15) is 11.6 Å². The number of nitrogens with one attached hydrogen (secondary N) is 1. The highest BCUT2D eigenvalue weighted by molar-refractivity contribution is 5.37. The first-order valence-corrected chi connectivity index (χ1v) is 7.27. The summed E-state index contributed by atoms with van der Waals surface area (Å²) in [6, 6.07) is 13.0. The molecule has 3 heteroatoms. The van der Waals surface area contributed by atoms with Crippen molar-refractivity contribution in [1.82, 2.24) is 5.32 Å². The summed E-state index contributed by atoms with van der Waals surface area (Å²) in [5, 5.41) is 3.44. The molecular weight excluding hydrogens is 265 g/mol. The lowest BCUT2D eigenvalue weighted by molar-refractivity contribution is 0.405. The molecule has 2 aromatic carbocycles. The summed E-state index contributed by atoms with van der Waals surface area (Å²) < 4.78 is 19.0. The number of halogens is 1. The van der Waals surface area contributed by atoms with Gasteiger partial charge in [0.15, 0.2) is 0 Å². The third kappa shape index (κ3) is 3.82. The van der Waals surface area contributed by atoms with Crippen LogP contribution in [0, 0.1) is 12.7 Å². The fourth-order valence-electron chi connectivity index (χ4n) is 2.62. The van der Waals surface area contributed by atoms with Crippen LogP contribution in [0.4, 0.5) is 4.39 Å². The Kier molecular flexibility index (Phi) is 5.34. The normalized spacial score (nSPS) is 12.2. The standard InChI is InChI=1S/C18H22FNO/c1-4-20-17(16-12-15(19)10-9-13(16)2)11-14-7-5-6-8-18(14)21-3/h5-10,12,17,20H,4,11H2,1-3H3. The van der Waals surface area contributed by atoms with Gasteiger partial charge in [-0.1, -0.05) is 31.2 Å². The lowest BCUT2D eigenvalue weighted by Gasteiger charge is -2.21. The molecule has 0 aliphatic heterocycles. The number of methoxy groups -OCH3 is 1. The van der Waals surface area contributed by atoms with E-state index < -0.39 is 0 Å². The van der Waals surface area contributed by atoms with Gasteiger partial charge in [-0.05, 0) is 54.8 Å². The highest BCUT2D eigenvalue weighted by Gasteiger charge is 2.16. The van der Waals surface area contributed by atoms with Crippen LogP contribution in [-0.4, -0.2) is 13.7 Å². The zero-order valence-corrected chi connectivity index (χ0v) is 12.8. The minimum absolute atomic E-state index is 0.0713. The maximum absolute atomic E-state index is 13.6. The molecule has 2 nitrogen and oxygen atoms in total. The molecule has 1 N–H and O–H groups in total. The van der Waals surface area contributed by atoms with Gasteiger partial charge in [0.2, 0.25) is 0 Å². The molecule has 0 aliphatic rings. The van der Waals surface area contributed by atoms with Gasteiger partial charge >= 0.3 is 0 Å². The van der Waals surface area contributed by atoms with Crippen molar-refractivity contribution in [2.75, 3.05) is 13.7 Å². The number of ether oxygens (including phenoxy) is 1. The average Bonchev–Trinajstić information content (AvgIpc) is 2.50. The number of rotatable bonds is 6. The Hall–Kier alpha value is -1.87. The van der Waals surface area contributed by atoms with Crippen molar-refractivity contribution < 1.29 is 9.13 Å². The molecule has 0 radical (unpaired) electrons. The van der Waals surface area contributed by atoms with Crippen molar-refractivity contribution in [3.05, 3.63) is 65.0 Å². The molecule has 0 aliphatic carbocycles. The van der Waals surface area contributed by atoms with Gasteiger partial charge in [0, 0.05) is 6.04 Å². The third-order valence-electron chi connectivity index (χ3n) is 3.68. The zero-order valence-electron chi connectivity index (χ0n) is 12.8. The molecule has 1 unspecified atom stereocenters. The van der Waals surface area contributed by atoms with Crippen LogP contribution in [-0.2, 0) is 6.42 Å². The predicted octanol–water partition coefficient (Wildman–Crippen LogP) is 4.04. The lowest BCUT2D eigenvalue weighted by Crippen LogP contribution is -2.24. The van der Waals surface area contributed by atoms with E-state index in [9.17, 15) is 4.39 Å². The fourth-order valence-corrected chi connectivity index (χ4v) is 2.62. The minimum Gasteiger partial charge on any atom is -0.496 e. The Labute approximate surface area is 126 Å². The molecule has 21 heavy (non-hydrogen) atoms. The predicted molar refractivity (Wildman–Crippen MR) is 84.3 cm³/mol. The van der Waals surface area contributed by atoms with Gasteiger partial charge in [-0.15, -0.1) is 0 Å². The average molecular weight is 287 g/mol. The number of hydrogen-bond acceptors (Lipinski definition) is 2. The first-order valence-electron chi connectivity index (χ1n) is 7.27. The molecule has 0 amide bonds. The maximum Gasteiger partial charge on any atom is 0.123 e. The molecule has 0 bridgehead atoms. The SMILES string of the molecule is CCNC(Cc1ccccc1OC)c1cc(F)ccc1C. The third-order valence-corrected chi connectivity index (χ3v) is 3.68.